The molecule has 1 amide bonds. The van der Waals surface area contributed by atoms with E-state index in [-0.39, 0.29) is 5.56 Å². The van der Waals surface area contributed by atoms with Crippen LogP contribution < -0.4 is 15.8 Å². The summed E-state index contributed by atoms with van der Waals surface area (Å²) in [5, 5.41) is 3.21. The maximum absolute atomic E-state index is 12.2. The maximum Gasteiger partial charge on any atom is 0.252 e. The second kappa shape index (κ2) is 6.89. The number of amides is 1. The molecule has 1 atom stereocenters. The Morgan fingerprint density at radius 3 is 2.81 bits per heavy atom. The average molecular weight is 291 g/mol. The molecule has 5 heteroatoms. The number of hydrogen-bond acceptors (Lipinski definition) is 3. The number of rotatable bonds is 8. The van der Waals surface area contributed by atoms with Crippen LogP contribution in [0.2, 0.25) is 0 Å². The molecule has 1 unspecified atom stereocenters. The molecule has 1 N–H and O–H groups in total. The third-order valence-electron chi connectivity index (χ3n) is 4.21. The molecule has 0 aliphatic heterocycles. The first-order chi connectivity index (χ1) is 10.0. The molecule has 1 aromatic heterocycles. The second-order valence-electron chi connectivity index (χ2n) is 6.06. The summed E-state index contributed by atoms with van der Waals surface area (Å²) < 4.78 is 1.80. The van der Waals surface area contributed by atoms with E-state index in [1.165, 1.54) is 17.7 Å². The predicted octanol–water partition coefficient (Wildman–Crippen LogP) is 1.39. The molecule has 1 heterocycles. The van der Waals surface area contributed by atoms with Crippen molar-refractivity contribution in [3.8, 4) is 0 Å². The molecular weight excluding hydrogens is 266 g/mol. The van der Waals surface area contributed by atoms with Crippen LogP contribution in [0.25, 0.3) is 0 Å². The monoisotopic (exact) mass is 291 g/mol. The minimum absolute atomic E-state index is 0.0176. The molecule has 116 valence electrons. The number of hydrogen-bond donors (Lipinski definition) is 1. The molecule has 1 fully saturated rings. The van der Waals surface area contributed by atoms with Gasteiger partial charge in [0.05, 0.1) is 5.69 Å². The minimum atomic E-state index is -0.0176. The van der Waals surface area contributed by atoms with Crippen LogP contribution in [0.5, 0.6) is 0 Å². The van der Waals surface area contributed by atoms with Crippen LogP contribution in [0.15, 0.2) is 17.1 Å². The summed E-state index contributed by atoms with van der Waals surface area (Å²) in [7, 11) is 3.63. The smallest absolute Gasteiger partial charge is 0.252 e. The molecule has 1 aliphatic rings. The van der Waals surface area contributed by atoms with E-state index in [1.807, 2.05) is 13.2 Å². The lowest BCUT2D eigenvalue weighted by atomic mass is 10.1. The van der Waals surface area contributed by atoms with Gasteiger partial charge >= 0.3 is 0 Å². The van der Waals surface area contributed by atoms with Gasteiger partial charge in [-0.3, -0.25) is 9.59 Å². The van der Waals surface area contributed by atoms with Crippen LogP contribution in [0.3, 0.4) is 0 Å². The van der Waals surface area contributed by atoms with Crippen molar-refractivity contribution in [2.45, 2.75) is 45.2 Å². The zero-order valence-corrected chi connectivity index (χ0v) is 13.1. The van der Waals surface area contributed by atoms with Crippen LogP contribution >= 0.6 is 0 Å². The lowest BCUT2D eigenvalue weighted by molar-refractivity contribution is -0.107. The zero-order valence-electron chi connectivity index (χ0n) is 13.1. The van der Waals surface area contributed by atoms with E-state index >= 15 is 0 Å². The molecule has 1 aromatic rings. The van der Waals surface area contributed by atoms with Crippen molar-refractivity contribution < 1.29 is 4.79 Å². The predicted molar refractivity (Wildman–Crippen MR) is 84.7 cm³/mol. The fourth-order valence-corrected chi connectivity index (χ4v) is 2.43. The molecule has 0 saturated heterocycles. The van der Waals surface area contributed by atoms with Crippen molar-refractivity contribution in [3.05, 3.63) is 28.2 Å². The number of nitrogens with zero attached hydrogens (tertiary/aromatic N) is 2. The Balaban J connectivity index is 2.26. The van der Waals surface area contributed by atoms with E-state index in [0.29, 0.717) is 12.0 Å². The highest BCUT2D eigenvalue weighted by molar-refractivity contribution is 5.75. The fourth-order valence-electron chi connectivity index (χ4n) is 2.43. The van der Waals surface area contributed by atoms with Gasteiger partial charge < -0.3 is 14.8 Å². The highest BCUT2D eigenvalue weighted by Crippen LogP contribution is 2.30. The van der Waals surface area contributed by atoms with Crippen LogP contribution in [0.4, 0.5) is 5.69 Å². The van der Waals surface area contributed by atoms with E-state index in [1.54, 1.807) is 17.7 Å². The van der Waals surface area contributed by atoms with Gasteiger partial charge in [-0.25, -0.2) is 0 Å². The Bertz CT molecular complexity index is 549. The van der Waals surface area contributed by atoms with Crippen molar-refractivity contribution in [1.82, 2.24) is 9.88 Å². The van der Waals surface area contributed by atoms with E-state index in [0.717, 1.165) is 37.0 Å². The minimum Gasteiger partial charge on any atom is -0.318 e. The molecule has 1 saturated carbocycles. The van der Waals surface area contributed by atoms with Crippen LogP contribution in [0.1, 0.15) is 31.7 Å². The van der Waals surface area contributed by atoms with Gasteiger partial charge in [0.1, 0.15) is 0 Å². The van der Waals surface area contributed by atoms with Gasteiger partial charge in [0.15, 0.2) is 0 Å². The van der Waals surface area contributed by atoms with Crippen LogP contribution in [0, 0.1) is 5.92 Å². The Morgan fingerprint density at radius 1 is 1.52 bits per heavy atom. The van der Waals surface area contributed by atoms with Gasteiger partial charge in [-0.15, -0.1) is 0 Å². The quantitative estimate of drug-likeness (QED) is 0.736. The van der Waals surface area contributed by atoms with Crippen molar-refractivity contribution in [3.63, 3.8) is 0 Å². The van der Waals surface area contributed by atoms with E-state index in [2.05, 4.69) is 12.2 Å². The number of aryl methyl sites for hydroxylation is 1. The SMILES string of the molecule is CNC(C)CCc1cn(CC2CC2)c(=O)cc1N(C)C=O. The molecule has 0 spiro atoms. The second-order valence-corrected chi connectivity index (χ2v) is 6.06. The first-order valence-corrected chi connectivity index (χ1v) is 7.64. The summed E-state index contributed by atoms with van der Waals surface area (Å²) in [6.45, 7) is 2.93. The molecule has 5 nitrogen and oxygen atoms in total. The van der Waals surface area contributed by atoms with E-state index in [9.17, 15) is 9.59 Å². The third-order valence-corrected chi connectivity index (χ3v) is 4.21. The standard InChI is InChI=1S/C16H25N3O2/c1-12(17-2)4-7-14-10-19(9-13-5-6-13)16(21)8-15(14)18(3)11-20/h8,10-13,17H,4-7,9H2,1-3H3. The first kappa shape index (κ1) is 15.8. The average Bonchev–Trinajstić information content (AvgIpc) is 3.30. The number of aromatic nitrogens is 1. The van der Waals surface area contributed by atoms with Gasteiger partial charge in [0.2, 0.25) is 6.41 Å². The molecular formula is C16H25N3O2. The maximum atomic E-state index is 12.2. The third kappa shape index (κ3) is 4.17. The van der Waals surface area contributed by atoms with Crippen LogP contribution in [-0.4, -0.2) is 31.1 Å². The summed E-state index contributed by atoms with van der Waals surface area (Å²) in [6, 6.07) is 2.00. The Labute approximate surface area is 126 Å². The summed E-state index contributed by atoms with van der Waals surface area (Å²) >= 11 is 0. The van der Waals surface area contributed by atoms with Crippen molar-refractivity contribution >= 4 is 12.1 Å². The van der Waals surface area contributed by atoms with Crippen LogP contribution in [-0.2, 0) is 17.8 Å². The van der Waals surface area contributed by atoms with Crippen molar-refractivity contribution in [2.24, 2.45) is 5.92 Å². The van der Waals surface area contributed by atoms with Gasteiger partial charge in [0, 0.05) is 31.9 Å². The van der Waals surface area contributed by atoms with Gasteiger partial charge in [0.25, 0.3) is 5.56 Å². The molecule has 1 aliphatic carbocycles. The Hall–Kier alpha value is -1.62. The van der Waals surface area contributed by atoms with E-state index < -0.39 is 0 Å². The van der Waals surface area contributed by atoms with Crippen molar-refractivity contribution in [2.75, 3.05) is 19.0 Å². The van der Waals surface area contributed by atoms with E-state index in [4.69, 9.17) is 0 Å². The first-order valence-electron chi connectivity index (χ1n) is 7.64. The highest BCUT2D eigenvalue weighted by atomic mass is 16.1. The zero-order chi connectivity index (χ0) is 15.4. The number of anilines is 1. The molecule has 0 aromatic carbocycles. The van der Waals surface area contributed by atoms with Crippen molar-refractivity contribution in [1.29, 1.82) is 0 Å². The lowest BCUT2D eigenvalue weighted by Crippen LogP contribution is -2.26. The molecule has 21 heavy (non-hydrogen) atoms. The van der Waals surface area contributed by atoms with Gasteiger partial charge in [-0.1, -0.05) is 0 Å². The topological polar surface area (TPSA) is 54.3 Å². The lowest BCUT2D eigenvalue weighted by Gasteiger charge is -2.19. The molecule has 2 rings (SSSR count). The normalized spacial score (nSPS) is 15.8. The summed E-state index contributed by atoms with van der Waals surface area (Å²) in [6.07, 6.45) is 6.95. The summed E-state index contributed by atoms with van der Waals surface area (Å²) in [4.78, 5) is 24.7. The largest absolute Gasteiger partial charge is 0.318 e. The number of carbonyl (C=O) groups excluding carboxylic acids is 1. The number of pyridine rings is 1. The highest BCUT2D eigenvalue weighted by Gasteiger charge is 2.22. The molecule has 0 radical (unpaired) electrons. The molecule has 0 bridgehead atoms. The summed E-state index contributed by atoms with van der Waals surface area (Å²) in [5.41, 5.74) is 1.77. The Kier molecular flexibility index (Phi) is 5.17. The van der Waals surface area contributed by atoms with Gasteiger partial charge in [-0.2, -0.15) is 0 Å². The fraction of sp³-hybridized carbons (Fsp3) is 0.625. The summed E-state index contributed by atoms with van der Waals surface area (Å²) in [5.74, 6) is 0.654. The Morgan fingerprint density at radius 2 is 2.24 bits per heavy atom. The number of nitrogens with one attached hydrogen (secondary N) is 1. The number of carbonyl (C=O) groups is 1. The van der Waals surface area contributed by atoms with Gasteiger partial charge in [-0.05, 0) is 51.1 Å².